The van der Waals surface area contributed by atoms with Crippen LogP contribution in [0.25, 0.3) is 0 Å². The largest absolute Gasteiger partial charge is 0.478 e. The van der Waals surface area contributed by atoms with Gasteiger partial charge in [0, 0.05) is 5.69 Å². The maximum absolute atomic E-state index is 10.9. The zero-order valence-corrected chi connectivity index (χ0v) is 11.4. The monoisotopic (exact) mass is 277 g/mol. The van der Waals surface area contributed by atoms with Gasteiger partial charge in [0.15, 0.2) is 0 Å². The number of hydrogen-bond donors (Lipinski definition) is 2. The zero-order valence-electron chi connectivity index (χ0n) is 10.6. The Labute approximate surface area is 115 Å². The summed E-state index contributed by atoms with van der Waals surface area (Å²) in [4.78, 5) is 10.9. The third-order valence-electron chi connectivity index (χ3n) is 2.58. The SMILES string of the molecule is CSCc1ccc(CNc2cccc(C(=O)O)c2)o1. The molecule has 0 saturated carbocycles. The minimum absolute atomic E-state index is 0.271. The summed E-state index contributed by atoms with van der Waals surface area (Å²) < 4.78 is 5.62. The molecule has 4 nitrogen and oxygen atoms in total. The normalized spacial score (nSPS) is 10.4. The first-order valence-electron chi connectivity index (χ1n) is 5.83. The van der Waals surface area contributed by atoms with Gasteiger partial charge in [0.25, 0.3) is 0 Å². The van der Waals surface area contributed by atoms with Crippen LogP contribution in [0.1, 0.15) is 21.9 Å². The fraction of sp³-hybridized carbons (Fsp3) is 0.214. The van der Waals surface area contributed by atoms with E-state index < -0.39 is 5.97 Å². The Bertz CT molecular complexity index is 565. The van der Waals surface area contributed by atoms with Gasteiger partial charge in [0.1, 0.15) is 11.5 Å². The number of thioether (sulfide) groups is 1. The molecule has 0 radical (unpaired) electrons. The van der Waals surface area contributed by atoms with Gasteiger partial charge in [0.2, 0.25) is 0 Å². The first-order valence-corrected chi connectivity index (χ1v) is 7.22. The van der Waals surface area contributed by atoms with E-state index in [0.717, 1.165) is 23.0 Å². The molecule has 0 aliphatic rings. The average molecular weight is 277 g/mol. The van der Waals surface area contributed by atoms with Gasteiger partial charge in [-0.05, 0) is 36.6 Å². The lowest BCUT2D eigenvalue weighted by Crippen LogP contribution is -2.01. The Morgan fingerprint density at radius 1 is 1.32 bits per heavy atom. The van der Waals surface area contributed by atoms with E-state index in [9.17, 15) is 4.79 Å². The average Bonchev–Trinajstić information content (AvgIpc) is 2.85. The molecule has 1 aromatic carbocycles. The second-order valence-electron chi connectivity index (χ2n) is 4.04. The third-order valence-corrected chi connectivity index (χ3v) is 3.15. The van der Waals surface area contributed by atoms with Crippen LogP contribution >= 0.6 is 11.8 Å². The first-order chi connectivity index (χ1) is 9.19. The molecule has 100 valence electrons. The Morgan fingerprint density at radius 2 is 2.11 bits per heavy atom. The summed E-state index contributed by atoms with van der Waals surface area (Å²) in [5, 5.41) is 12.1. The molecule has 0 unspecified atom stereocenters. The van der Waals surface area contributed by atoms with Crippen molar-refractivity contribution in [2.45, 2.75) is 12.3 Å². The number of aromatic carboxylic acids is 1. The van der Waals surface area contributed by atoms with Crippen molar-refractivity contribution < 1.29 is 14.3 Å². The Balaban J connectivity index is 1.97. The summed E-state index contributed by atoms with van der Waals surface area (Å²) in [6, 6.07) is 10.6. The Kier molecular flexibility index (Phi) is 4.52. The number of benzene rings is 1. The second-order valence-corrected chi connectivity index (χ2v) is 4.91. The molecule has 2 rings (SSSR count). The molecule has 1 aromatic heterocycles. The topological polar surface area (TPSA) is 62.5 Å². The lowest BCUT2D eigenvalue weighted by Gasteiger charge is -2.05. The van der Waals surface area contributed by atoms with Gasteiger partial charge in [-0.1, -0.05) is 6.07 Å². The van der Waals surface area contributed by atoms with Crippen LogP contribution in [0.4, 0.5) is 5.69 Å². The van der Waals surface area contributed by atoms with Gasteiger partial charge >= 0.3 is 5.97 Å². The summed E-state index contributed by atoms with van der Waals surface area (Å²) in [5.41, 5.74) is 1.04. The summed E-state index contributed by atoms with van der Waals surface area (Å²) in [6.45, 7) is 0.539. The van der Waals surface area contributed by atoms with E-state index in [-0.39, 0.29) is 5.56 Å². The van der Waals surface area contributed by atoms with Crippen molar-refractivity contribution in [3.05, 3.63) is 53.5 Å². The molecule has 5 heteroatoms. The lowest BCUT2D eigenvalue weighted by molar-refractivity contribution is 0.0697. The molecule has 0 saturated heterocycles. The minimum atomic E-state index is -0.927. The van der Waals surface area contributed by atoms with Crippen molar-refractivity contribution in [2.24, 2.45) is 0 Å². The molecule has 0 amide bonds. The predicted octanol–water partition coefficient (Wildman–Crippen LogP) is 3.45. The molecular weight excluding hydrogens is 262 g/mol. The number of carboxylic acid groups (broad SMARTS) is 1. The molecular formula is C14H15NO3S. The van der Waals surface area contributed by atoms with Crippen LogP contribution in [-0.4, -0.2) is 17.3 Å². The molecule has 0 bridgehead atoms. The molecule has 1 heterocycles. The van der Waals surface area contributed by atoms with Crippen LogP contribution in [0.15, 0.2) is 40.8 Å². The van der Waals surface area contributed by atoms with E-state index in [1.165, 1.54) is 0 Å². The van der Waals surface area contributed by atoms with E-state index in [2.05, 4.69) is 5.32 Å². The molecule has 19 heavy (non-hydrogen) atoms. The van der Waals surface area contributed by atoms with Crippen molar-refractivity contribution in [1.82, 2.24) is 0 Å². The van der Waals surface area contributed by atoms with Crippen LogP contribution in [0.5, 0.6) is 0 Å². The standard InChI is InChI=1S/C14H15NO3S/c1-19-9-13-6-5-12(18-13)8-15-11-4-2-3-10(7-11)14(16)17/h2-7,15H,8-9H2,1H3,(H,16,17). The Hall–Kier alpha value is -1.88. The highest BCUT2D eigenvalue weighted by Crippen LogP contribution is 2.16. The second kappa shape index (κ2) is 6.33. The van der Waals surface area contributed by atoms with Gasteiger partial charge in [-0.2, -0.15) is 11.8 Å². The van der Waals surface area contributed by atoms with Gasteiger partial charge < -0.3 is 14.8 Å². The molecule has 0 aliphatic carbocycles. The van der Waals surface area contributed by atoms with Crippen LogP contribution < -0.4 is 5.32 Å². The highest BCUT2D eigenvalue weighted by atomic mass is 32.2. The van der Waals surface area contributed by atoms with Crippen LogP contribution in [-0.2, 0) is 12.3 Å². The fourth-order valence-electron chi connectivity index (χ4n) is 1.69. The number of nitrogens with one attached hydrogen (secondary N) is 1. The van der Waals surface area contributed by atoms with E-state index in [1.807, 2.05) is 24.5 Å². The van der Waals surface area contributed by atoms with Gasteiger partial charge in [-0.25, -0.2) is 4.79 Å². The number of rotatable bonds is 6. The van der Waals surface area contributed by atoms with Crippen molar-refractivity contribution in [1.29, 1.82) is 0 Å². The van der Waals surface area contributed by atoms with Crippen molar-refractivity contribution in [3.63, 3.8) is 0 Å². The predicted molar refractivity (Wildman–Crippen MR) is 76.7 cm³/mol. The van der Waals surface area contributed by atoms with Gasteiger partial charge in [0.05, 0.1) is 17.9 Å². The molecule has 2 N–H and O–H groups in total. The lowest BCUT2D eigenvalue weighted by atomic mass is 10.2. The molecule has 2 aromatic rings. The van der Waals surface area contributed by atoms with E-state index in [1.54, 1.807) is 30.0 Å². The molecule has 0 atom stereocenters. The number of carboxylic acids is 1. The maximum Gasteiger partial charge on any atom is 0.335 e. The number of hydrogen-bond acceptors (Lipinski definition) is 4. The van der Waals surface area contributed by atoms with Crippen molar-refractivity contribution in [2.75, 3.05) is 11.6 Å². The fourth-order valence-corrected chi connectivity index (χ4v) is 2.13. The molecule has 0 spiro atoms. The van der Waals surface area contributed by atoms with Crippen LogP contribution in [0.3, 0.4) is 0 Å². The van der Waals surface area contributed by atoms with Crippen LogP contribution in [0.2, 0.25) is 0 Å². The van der Waals surface area contributed by atoms with E-state index >= 15 is 0 Å². The van der Waals surface area contributed by atoms with Gasteiger partial charge in [-0.3, -0.25) is 0 Å². The number of carbonyl (C=O) groups is 1. The highest BCUT2D eigenvalue weighted by molar-refractivity contribution is 7.97. The quantitative estimate of drug-likeness (QED) is 0.846. The Morgan fingerprint density at radius 3 is 2.84 bits per heavy atom. The van der Waals surface area contributed by atoms with Crippen molar-refractivity contribution >= 4 is 23.4 Å². The van der Waals surface area contributed by atoms with Crippen LogP contribution in [0, 0.1) is 0 Å². The first kappa shape index (κ1) is 13.5. The summed E-state index contributed by atoms with van der Waals surface area (Å²) in [7, 11) is 0. The van der Waals surface area contributed by atoms with Gasteiger partial charge in [-0.15, -0.1) is 0 Å². The summed E-state index contributed by atoms with van der Waals surface area (Å²) in [6.07, 6.45) is 2.03. The van der Waals surface area contributed by atoms with E-state index in [0.29, 0.717) is 6.54 Å². The minimum Gasteiger partial charge on any atom is -0.478 e. The number of furan rings is 1. The highest BCUT2D eigenvalue weighted by Gasteiger charge is 2.04. The number of anilines is 1. The summed E-state index contributed by atoms with van der Waals surface area (Å²) in [5.74, 6) is 1.71. The van der Waals surface area contributed by atoms with E-state index in [4.69, 9.17) is 9.52 Å². The maximum atomic E-state index is 10.9. The molecule has 0 aliphatic heterocycles. The summed E-state index contributed by atoms with van der Waals surface area (Å²) >= 11 is 1.71. The van der Waals surface area contributed by atoms with Crippen molar-refractivity contribution in [3.8, 4) is 0 Å². The third kappa shape index (κ3) is 3.79. The molecule has 0 fully saturated rings. The smallest absolute Gasteiger partial charge is 0.335 e. The zero-order chi connectivity index (χ0) is 13.7.